The molecule has 0 bridgehead atoms. The van der Waals surface area contributed by atoms with Crippen molar-refractivity contribution >= 4 is 15.9 Å². The zero-order chi connectivity index (χ0) is 15.3. The molecule has 1 aliphatic heterocycles. The largest absolute Gasteiger partial charge is 0.273 e. The van der Waals surface area contributed by atoms with E-state index in [1.54, 1.807) is 0 Å². The van der Waals surface area contributed by atoms with Gasteiger partial charge >= 0.3 is 0 Å². The lowest BCUT2D eigenvalue weighted by Gasteiger charge is -2.18. The Morgan fingerprint density at radius 1 is 1.24 bits per heavy atom. The second-order valence-corrected chi connectivity index (χ2v) is 8.69. The molecule has 5 heteroatoms. The summed E-state index contributed by atoms with van der Waals surface area (Å²) in [6.45, 7) is 4.51. The maximum atomic E-state index is 12.5. The van der Waals surface area contributed by atoms with E-state index < -0.39 is 14.8 Å². The van der Waals surface area contributed by atoms with E-state index in [2.05, 4.69) is 13.8 Å². The van der Waals surface area contributed by atoms with E-state index in [0.29, 0.717) is 31.7 Å². The molecule has 1 saturated carbocycles. The third-order valence-corrected chi connectivity index (χ3v) is 7.39. The molecule has 1 spiro atoms. The lowest BCUT2D eigenvalue weighted by atomic mass is 9.95. The lowest BCUT2D eigenvalue weighted by Crippen LogP contribution is -2.36. The Balaban J connectivity index is 1.82. The predicted octanol–water partition coefficient (Wildman–Crippen LogP) is 2.45. The molecule has 4 nitrogen and oxygen atoms in total. The van der Waals surface area contributed by atoms with Crippen LogP contribution in [-0.2, 0) is 21.2 Å². The SMILES string of the molecule is CC(C)c1ccccc1CC(=O)N1CCC2(CC2)S1(=O)=O. The zero-order valence-electron chi connectivity index (χ0n) is 12.5. The summed E-state index contributed by atoms with van der Waals surface area (Å²) in [5, 5.41) is 0. The molecule has 1 aliphatic carbocycles. The lowest BCUT2D eigenvalue weighted by molar-refractivity contribution is -0.125. The Bertz CT molecular complexity index is 675. The Morgan fingerprint density at radius 2 is 1.90 bits per heavy atom. The highest BCUT2D eigenvalue weighted by atomic mass is 32.2. The van der Waals surface area contributed by atoms with Crippen molar-refractivity contribution in [3.8, 4) is 0 Å². The first-order valence-electron chi connectivity index (χ1n) is 7.50. The number of carbonyl (C=O) groups excluding carboxylic acids is 1. The molecule has 0 radical (unpaired) electrons. The van der Waals surface area contributed by atoms with Crippen molar-refractivity contribution in [3.05, 3.63) is 35.4 Å². The summed E-state index contributed by atoms with van der Waals surface area (Å²) in [6, 6.07) is 7.78. The molecule has 0 unspecified atom stereocenters. The molecular weight excluding hydrogens is 286 g/mol. The number of rotatable bonds is 3. The van der Waals surface area contributed by atoms with E-state index in [1.807, 2.05) is 24.3 Å². The van der Waals surface area contributed by atoms with Crippen LogP contribution in [0.1, 0.15) is 50.2 Å². The van der Waals surface area contributed by atoms with Gasteiger partial charge in [-0.3, -0.25) is 4.79 Å². The van der Waals surface area contributed by atoms with Gasteiger partial charge in [-0.2, -0.15) is 0 Å². The van der Waals surface area contributed by atoms with Crippen molar-refractivity contribution in [3.63, 3.8) is 0 Å². The second kappa shape index (κ2) is 4.83. The van der Waals surface area contributed by atoms with Crippen molar-refractivity contribution in [2.24, 2.45) is 0 Å². The summed E-state index contributed by atoms with van der Waals surface area (Å²) in [5.41, 5.74) is 2.05. The molecule has 0 N–H and O–H groups in total. The summed E-state index contributed by atoms with van der Waals surface area (Å²) in [5.74, 6) is 0.0332. The van der Waals surface area contributed by atoms with Crippen molar-refractivity contribution in [2.45, 2.75) is 50.2 Å². The normalized spacial score (nSPS) is 22.0. The van der Waals surface area contributed by atoms with E-state index in [-0.39, 0.29) is 12.3 Å². The zero-order valence-corrected chi connectivity index (χ0v) is 13.3. The number of carbonyl (C=O) groups is 1. The molecule has 2 aliphatic rings. The van der Waals surface area contributed by atoms with Crippen LogP contribution in [-0.4, -0.2) is 29.9 Å². The number of benzene rings is 1. The van der Waals surface area contributed by atoms with E-state index in [0.717, 1.165) is 15.4 Å². The Morgan fingerprint density at radius 3 is 2.48 bits per heavy atom. The maximum absolute atomic E-state index is 12.5. The summed E-state index contributed by atoms with van der Waals surface area (Å²) < 4.78 is 25.4. The third kappa shape index (κ3) is 2.27. The topological polar surface area (TPSA) is 54.5 Å². The van der Waals surface area contributed by atoms with Crippen LogP contribution in [0.5, 0.6) is 0 Å². The summed E-state index contributed by atoms with van der Waals surface area (Å²) in [6.07, 6.45) is 2.19. The molecule has 1 aromatic rings. The fourth-order valence-corrected chi connectivity index (χ4v) is 5.30. The van der Waals surface area contributed by atoms with Crippen LogP contribution < -0.4 is 0 Å². The van der Waals surface area contributed by atoms with Gasteiger partial charge in [0.25, 0.3) is 0 Å². The molecule has 3 rings (SSSR count). The predicted molar refractivity (Wildman–Crippen MR) is 81.4 cm³/mol. The molecule has 0 aromatic heterocycles. The van der Waals surface area contributed by atoms with Crippen molar-refractivity contribution in [1.82, 2.24) is 4.31 Å². The molecule has 1 amide bonds. The Hall–Kier alpha value is -1.36. The molecule has 2 fully saturated rings. The summed E-state index contributed by atoms with van der Waals surface area (Å²) in [4.78, 5) is 12.5. The minimum Gasteiger partial charge on any atom is -0.273 e. The van der Waals surface area contributed by atoms with Crippen LogP contribution in [0, 0.1) is 0 Å². The van der Waals surface area contributed by atoms with Gasteiger partial charge in [0.1, 0.15) is 0 Å². The van der Waals surface area contributed by atoms with Gasteiger partial charge < -0.3 is 0 Å². The standard InChI is InChI=1S/C16H21NO3S/c1-12(2)14-6-4-3-5-13(14)11-15(18)17-10-9-16(7-8-16)21(17,19)20/h3-6,12H,7-11H2,1-2H3. The van der Waals surface area contributed by atoms with Gasteiger partial charge in [0.05, 0.1) is 11.2 Å². The highest BCUT2D eigenvalue weighted by molar-refractivity contribution is 7.91. The van der Waals surface area contributed by atoms with Gasteiger partial charge in [0.2, 0.25) is 15.9 Å². The first kappa shape index (κ1) is 14.6. The average molecular weight is 307 g/mol. The quantitative estimate of drug-likeness (QED) is 0.862. The first-order chi connectivity index (χ1) is 9.87. The molecule has 114 valence electrons. The van der Waals surface area contributed by atoms with E-state index >= 15 is 0 Å². The van der Waals surface area contributed by atoms with Gasteiger partial charge in [-0.25, -0.2) is 12.7 Å². The molecule has 1 aromatic carbocycles. The fourth-order valence-electron chi connectivity index (χ4n) is 3.20. The number of sulfonamides is 1. The Kier molecular flexibility index (Phi) is 3.35. The minimum absolute atomic E-state index is 0.170. The number of hydrogen-bond donors (Lipinski definition) is 0. The van der Waals surface area contributed by atoms with Gasteiger partial charge in [-0.1, -0.05) is 38.1 Å². The summed E-state index contributed by atoms with van der Waals surface area (Å²) in [7, 11) is -3.42. The first-order valence-corrected chi connectivity index (χ1v) is 8.94. The van der Waals surface area contributed by atoms with E-state index in [9.17, 15) is 13.2 Å². The van der Waals surface area contributed by atoms with Gasteiger partial charge in [0.15, 0.2) is 0 Å². The van der Waals surface area contributed by atoms with Crippen LogP contribution in [0.2, 0.25) is 0 Å². The molecule has 1 heterocycles. The fraction of sp³-hybridized carbons (Fsp3) is 0.562. The van der Waals surface area contributed by atoms with Crippen molar-refractivity contribution in [1.29, 1.82) is 0 Å². The van der Waals surface area contributed by atoms with Crippen LogP contribution in [0.25, 0.3) is 0 Å². The number of amides is 1. The molecule has 1 saturated heterocycles. The highest BCUT2D eigenvalue weighted by Gasteiger charge is 2.61. The van der Waals surface area contributed by atoms with E-state index in [1.165, 1.54) is 0 Å². The van der Waals surface area contributed by atoms with Crippen LogP contribution in [0.3, 0.4) is 0 Å². The third-order valence-electron chi connectivity index (χ3n) is 4.71. The maximum Gasteiger partial charge on any atom is 0.243 e. The van der Waals surface area contributed by atoms with Gasteiger partial charge in [-0.05, 0) is 36.3 Å². The molecular formula is C16H21NO3S. The van der Waals surface area contributed by atoms with Crippen LogP contribution in [0.15, 0.2) is 24.3 Å². The molecule has 0 atom stereocenters. The minimum atomic E-state index is -3.42. The van der Waals surface area contributed by atoms with Crippen molar-refractivity contribution < 1.29 is 13.2 Å². The molecule has 21 heavy (non-hydrogen) atoms. The van der Waals surface area contributed by atoms with Crippen molar-refractivity contribution in [2.75, 3.05) is 6.54 Å². The van der Waals surface area contributed by atoms with Crippen LogP contribution in [0.4, 0.5) is 0 Å². The number of hydrogen-bond acceptors (Lipinski definition) is 3. The summed E-state index contributed by atoms with van der Waals surface area (Å²) >= 11 is 0. The van der Waals surface area contributed by atoms with Crippen LogP contribution >= 0.6 is 0 Å². The smallest absolute Gasteiger partial charge is 0.243 e. The monoisotopic (exact) mass is 307 g/mol. The van der Waals surface area contributed by atoms with E-state index in [4.69, 9.17) is 0 Å². The van der Waals surface area contributed by atoms with Gasteiger partial charge in [0, 0.05) is 6.54 Å². The Labute approximate surface area is 126 Å². The van der Waals surface area contributed by atoms with Gasteiger partial charge in [-0.15, -0.1) is 0 Å². The number of nitrogens with zero attached hydrogens (tertiary/aromatic N) is 1. The average Bonchev–Trinajstić information content (AvgIpc) is 3.15. The second-order valence-electron chi connectivity index (χ2n) is 6.43. The highest BCUT2D eigenvalue weighted by Crippen LogP contribution is 2.52.